The van der Waals surface area contributed by atoms with Crippen LogP contribution < -0.4 is 0 Å². The molecule has 0 saturated carbocycles. The van der Waals surface area contributed by atoms with Gasteiger partial charge in [0.1, 0.15) is 0 Å². The van der Waals surface area contributed by atoms with Crippen LogP contribution in [0.2, 0.25) is 0 Å². The molecule has 1 fully saturated rings. The van der Waals surface area contributed by atoms with E-state index in [4.69, 9.17) is 10.4 Å². The molecule has 78 valence electrons. The lowest BCUT2D eigenvalue weighted by Crippen LogP contribution is -2.38. The Labute approximate surface area is 84.1 Å². The third kappa shape index (κ3) is 3.00. The molecule has 1 unspecified atom stereocenters. The first-order valence-electron chi connectivity index (χ1n) is 4.98. The van der Waals surface area contributed by atoms with Crippen molar-refractivity contribution in [3.63, 3.8) is 0 Å². The number of hydrogen-bond donors (Lipinski definition) is 1. The van der Waals surface area contributed by atoms with Crippen LogP contribution in [0.3, 0.4) is 0 Å². The van der Waals surface area contributed by atoms with E-state index in [1.165, 1.54) is 0 Å². The molecular weight excluding hydrogens is 180 g/mol. The van der Waals surface area contributed by atoms with Crippen LogP contribution >= 0.6 is 0 Å². The van der Waals surface area contributed by atoms with E-state index in [9.17, 15) is 4.79 Å². The minimum atomic E-state index is -0.682. The van der Waals surface area contributed by atoms with E-state index in [-0.39, 0.29) is 11.8 Å². The molecule has 1 aliphatic rings. The van der Waals surface area contributed by atoms with E-state index in [0.717, 1.165) is 19.6 Å². The number of carboxylic acid groups (broad SMARTS) is 1. The summed E-state index contributed by atoms with van der Waals surface area (Å²) in [5.74, 6) is -0.821. The van der Waals surface area contributed by atoms with Gasteiger partial charge in [0.25, 0.3) is 0 Å². The molecule has 14 heavy (non-hydrogen) atoms. The maximum atomic E-state index is 10.7. The Balaban J connectivity index is 2.29. The van der Waals surface area contributed by atoms with Crippen LogP contribution in [0.5, 0.6) is 0 Å². The summed E-state index contributed by atoms with van der Waals surface area (Å²) in [6.07, 6.45) is 1.43. The molecule has 0 aromatic rings. The summed E-state index contributed by atoms with van der Waals surface area (Å²) in [6, 6.07) is 2.19. The lowest BCUT2D eigenvalue weighted by Gasteiger charge is -2.30. The number of hydrogen-bond acceptors (Lipinski definition) is 3. The second kappa shape index (κ2) is 4.97. The molecule has 1 saturated heterocycles. The molecule has 0 amide bonds. The summed E-state index contributed by atoms with van der Waals surface area (Å²) < 4.78 is 0. The fraction of sp³-hybridized carbons (Fsp3) is 0.800. The molecule has 0 aliphatic carbocycles. The van der Waals surface area contributed by atoms with Crippen molar-refractivity contribution < 1.29 is 9.90 Å². The van der Waals surface area contributed by atoms with Gasteiger partial charge in [-0.05, 0) is 32.9 Å². The third-order valence-electron chi connectivity index (χ3n) is 2.69. The molecule has 1 atom stereocenters. The Morgan fingerprint density at radius 1 is 1.64 bits per heavy atom. The SMILES string of the molecule is CC(C#N)CN1CCC(C(=O)O)CC1. The maximum absolute atomic E-state index is 10.7. The van der Waals surface area contributed by atoms with Gasteiger partial charge in [0.2, 0.25) is 0 Å². The van der Waals surface area contributed by atoms with Crippen molar-refractivity contribution in [2.45, 2.75) is 19.8 Å². The second-order valence-electron chi connectivity index (χ2n) is 3.94. The first kappa shape index (κ1) is 11.0. The molecular formula is C10H16N2O2. The van der Waals surface area contributed by atoms with E-state index < -0.39 is 5.97 Å². The fourth-order valence-electron chi connectivity index (χ4n) is 1.79. The average molecular weight is 196 g/mol. The molecule has 4 nitrogen and oxygen atoms in total. The summed E-state index contributed by atoms with van der Waals surface area (Å²) in [4.78, 5) is 12.8. The Bertz CT molecular complexity index is 239. The van der Waals surface area contributed by atoms with Crippen molar-refractivity contribution in [2.24, 2.45) is 11.8 Å². The van der Waals surface area contributed by atoms with Gasteiger partial charge in [0.05, 0.1) is 17.9 Å². The molecule has 0 aromatic heterocycles. The number of carboxylic acids is 1. The van der Waals surface area contributed by atoms with Crippen LogP contribution in [0.15, 0.2) is 0 Å². The van der Waals surface area contributed by atoms with Crippen molar-refractivity contribution in [1.29, 1.82) is 5.26 Å². The molecule has 0 radical (unpaired) electrons. The van der Waals surface area contributed by atoms with Crippen LogP contribution in [0.1, 0.15) is 19.8 Å². The highest BCUT2D eigenvalue weighted by Crippen LogP contribution is 2.17. The van der Waals surface area contributed by atoms with E-state index in [0.29, 0.717) is 12.8 Å². The fourth-order valence-corrected chi connectivity index (χ4v) is 1.79. The van der Waals surface area contributed by atoms with Crippen LogP contribution in [0.25, 0.3) is 0 Å². The zero-order valence-electron chi connectivity index (χ0n) is 8.44. The zero-order valence-corrected chi connectivity index (χ0v) is 8.44. The van der Waals surface area contributed by atoms with Gasteiger partial charge in [-0.1, -0.05) is 0 Å². The van der Waals surface area contributed by atoms with E-state index in [2.05, 4.69) is 11.0 Å². The van der Waals surface area contributed by atoms with Crippen molar-refractivity contribution in [1.82, 2.24) is 4.90 Å². The van der Waals surface area contributed by atoms with Gasteiger partial charge in [0, 0.05) is 6.54 Å². The van der Waals surface area contributed by atoms with Crippen molar-refractivity contribution in [2.75, 3.05) is 19.6 Å². The number of likely N-dealkylation sites (tertiary alicyclic amines) is 1. The van der Waals surface area contributed by atoms with Crippen LogP contribution in [-0.2, 0) is 4.79 Å². The van der Waals surface area contributed by atoms with Gasteiger partial charge in [-0.25, -0.2) is 0 Å². The highest BCUT2D eigenvalue weighted by atomic mass is 16.4. The number of carbonyl (C=O) groups is 1. The summed E-state index contributed by atoms with van der Waals surface area (Å²) in [7, 11) is 0. The topological polar surface area (TPSA) is 64.3 Å². The third-order valence-corrected chi connectivity index (χ3v) is 2.69. The number of nitriles is 1. The molecule has 1 aliphatic heterocycles. The van der Waals surface area contributed by atoms with Gasteiger partial charge in [-0.15, -0.1) is 0 Å². The number of rotatable bonds is 3. The average Bonchev–Trinajstić information content (AvgIpc) is 2.18. The van der Waals surface area contributed by atoms with Gasteiger partial charge < -0.3 is 10.0 Å². The minimum Gasteiger partial charge on any atom is -0.481 e. The lowest BCUT2D eigenvalue weighted by molar-refractivity contribution is -0.143. The Morgan fingerprint density at radius 2 is 2.21 bits per heavy atom. The standard InChI is InChI=1S/C10H16N2O2/c1-8(6-11)7-12-4-2-9(3-5-12)10(13)14/h8-9H,2-5,7H2,1H3,(H,13,14). The Hall–Kier alpha value is -1.08. The molecule has 1 heterocycles. The maximum Gasteiger partial charge on any atom is 0.306 e. The van der Waals surface area contributed by atoms with E-state index in [1.807, 2.05) is 6.92 Å². The van der Waals surface area contributed by atoms with E-state index >= 15 is 0 Å². The van der Waals surface area contributed by atoms with Crippen LogP contribution in [0, 0.1) is 23.2 Å². The largest absolute Gasteiger partial charge is 0.481 e. The monoisotopic (exact) mass is 196 g/mol. The lowest BCUT2D eigenvalue weighted by atomic mass is 9.96. The highest BCUT2D eigenvalue weighted by molar-refractivity contribution is 5.70. The Kier molecular flexibility index (Phi) is 3.90. The molecule has 0 spiro atoms. The first-order valence-corrected chi connectivity index (χ1v) is 4.98. The second-order valence-corrected chi connectivity index (χ2v) is 3.94. The number of piperidine rings is 1. The van der Waals surface area contributed by atoms with Crippen LogP contribution in [0.4, 0.5) is 0 Å². The molecule has 1 rings (SSSR count). The summed E-state index contributed by atoms with van der Waals surface area (Å²) in [6.45, 7) is 4.28. The molecule has 0 aromatic carbocycles. The van der Waals surface area contributed by atoms with Gasteiger partial charge in [-0.3, -0.25) is 4.79 Å². The Morgan fingerprint density at radius 3 is 2.64 bits per heavy atom. The van der Waals surface area contributed by atoms with Crippen molar-refractivity contribution in [3.8, 4) is 6.07 Å². The highest BCUT2D eigenvalue weighted by Gasteiger charge is 2.24. The molecule has 4 heteroatoms. The quantitative estimate of drug-likeness (QED) is 0.729. The predicted octanol–water partition coefficient (Wildman–Crippen LogP) is 0.943. The molecule has 1 N–H and O–H groups in total. The number of aliphatic carboxylic acids is 1. The van der Waals surface area contributed by atoms with Gasteiger partial charge in [-0.2, -0.15) is 5.26 Å². The predicted molar refractivity (Wildman–Crippen MR) is 51.6 cm³/mol. The molecule has 0 bridgehead atoms. The summed E-state index contributed by atoms with van der Waals surface area (Å²) >= 11 is 0. The zero-order chi connectivity index (χ0) is 10.6. The van der Waals surface area contributed by atoms with Gasteiger partial charge >= 0.3 is 5.97 Å². The van der Waals surface area contributed by atoms with Crippen molar-refractivity contribution in [3.05, 3.63) is 0 Å². The van der Waals surface area contributed by atoms with Crippen molar-refractivity contribution >= 4 is 5.97 Å². The van der Waals surface area contributed by atoms with Crippen LogP contribution in [-0.4, -0.2) is 35.6 Å². The summed E-state index contributed by atoms with van der Waals surface area (Å²) in [5, 5.41) is 17.4. The number of nitrogens with zero attached hydrogens (tertiary/aromatic N) is 2. The first-order chi connectivity index (χ1) is 6.63. The minimum absolute atomic E-state index is 0.0383. The summed E-state index contributed by atoms with van der Waals surface area (Å²) in [5.41, 5.74) is 0. The van der Waals surface area contributed by atoms with E-state index in [1.54, 1.807) is 0 Å². The normalized spacial score (nSPS) is 21.4. The smallest absolute Gasteiger partial charge is 0.306 e. The van der Waals surface area contributed by atoms with Gasteiger partial charge in [0.15, 0.2) is 0 Å².